The lowest BCUT2D eigenvalue weighted by Crippen LogP contribution is -2.28. The molecule has 0 spiro atoms. The number of hydrogen-bond donors (Lipinski definition) is 2. The first-order chi connectivity index (χ1) is 6.33. The van der Waals surface area contributed by atoms with Crippen LogP contribution in [0.15, 0.2) is 0 Å². The maximum atomic E-state index is 8.53. The summed E-state index contributed by atoms with van der Waals surface area (Å²) in [6, 6.07) is 0.344. The summed E-state index contributed by atoms with van der Waals surface area (Å²) in [5.41, 5.74) is 5.63. The molecule has 1 aliphatic rings. The number of nitrogens with zero attached hydrogens (tertiary/aromatic N) is 1. The van der Waals surface area contributed by atoms with Crippen LogP contribution in [0.25, 0.3) is 0 Å². The molecule has 0 aromatic carbocycles. The minimum atomic E-state index is 0. The number of aliphatic hydroxyl groups is 1. The maximum absolute atomic E-state index is 8.53. The van der Waals surface area contributed by atoms with Gasteiger partial charge in [0.25, 0.3) is 0 Å². The lowest BCUT2D eigenvalue weighted by Gasteiger charge is -2.11. The van der Waals surface area contributed by atoms with Crippen LogP contribution in [-0.4, -0.2) is 42.3 Å². The quantitative estimate of drug-likeness (QED) is 0.693. The Morgan fingerprint density at radius 2 is 1.92 bits per heavy atom. The summed E-state index contributed by atoms with van der Waals surface area (Å²) in [5, 5.41) is 8.53. The monoisotopic (exact) mass is 192 g/mol. The highest BCUT2D eigenvalue weighted by Gasteiger charge is 2.17. The molecule has 1 saturated heterocycles. The fourth-order valence-corrected chi connectivity index (χ4v) is 1.21. The Hall–Kier alpha value is -0.120. The average Bonchev–Trinajstić information content (AvgIpc) is 2.59. The number of hydrogen-bond acceptors (Lipinski definition) is 3. The van der Waals surface area contributed by atoms with Crippen LogP contribution in [0.5, 0.6) is 0 Å². The second-order valence-corrected chi connectivity index (χ2v) is 2.57. The summed E-state index contributed by atoms with van der Waals surface area (Å²) in [4.78, 5) is 2.19. The first-order valence-corrected chi connectivity index (χ1v) is 5.41. The average molecular weight is 192 g/mol. The predicted octanol–water partition coefficient (Wildman–Crippen LogP) is 1.31. The van der Waals surface area contributed by atoms with Gasteiger partial charge < -0.3 is 10.8 Å². The van der Waals surface area contributed by atoms with Gasteiger partial charge in [-0.25, -0.2) is 0 Å². The number of rotatable bonds is 2. The van der Waals surface area contributed by atoms with Crippen molar-refractivity contribution >= 4 is 0 Å². The second kappa shape index (κ2) is 11.9. The molecule has 1 unspecified atom stereocenters. The van der Waals surface area contributed by atoms with Gasteiger partial charge in [-0.05, 0) is 13.0 Å². The highest BCUT2D eigenvalue weighted by atomic mass is 16.3. The molecule has 0 radical (unpaired) electrons. The summed E-state index contributed by atoms with van der Waals surface area (Å²) in [6.07, 6.45) is 1.08. The molecule has 0 amide bonds. The van der Waals surface area contributed by atoms with Crippen molar-refractivity contribution in [3.8, 4) is 0 Å². The van der Waals surface area contributed by atoms with Gasteiger partial charge in [-0.15, -0.1) is 0 Å². The van der Waals surface area contributed by atoms with Gasteiger partial charge in [-0.2, -0.15) is 0 Å². The standard InChI is InChI=1S/C6H14N2O.2C2H6.H2/c7-6-1-2-8(5-6)3-4-9;2*1-2;/h6,9H,1-5,7H2;2*1-2H3;1H. The minimum absolute atomic E-state index is 0. The molecular formula is C10H28N2O. The van der Waals surface area contributed by atoms with Crippen molar-refractivity contribution in [2.24, 2.45) is 5.73 Å². The third kappa shape index (κ3) is 8.22. The Balaban J connectivity index is -0.000000216. The van der Waals surface area contributed by atoms with Gasteiger partial charge in [0.05, 0.1) is 6.61 Å². The SMILES string of the molecule is CC.CC.NC1CCN(CCO)C1.[HH]. The Bertz CT molecular complexity index is 92.2. The van der Waals surface area contributed by atoms with Gasteiger partial charge in [0.2, 0.25) is 0 Å². The van der Waals surface area contributed by atoms with E-state index in [1.807, 2.05) is 27.7 Å². The van der Waals surface area contributed by atoms with E-state index < -0.39 is 0 Å². The van der Waals surface area contributed by atoms with E-state index in [9.17, 15) is 0 Å². The third-order valence-corrected chi connectivity index (χ3v) is 1.73. The smallest absolute Gasteiger partial charge is 0.0558 e. The molecule has 3 N–H and O–H groups in total. The van der Waals surface area contributed by atoms with Crippen molar-refractivity contribution in [2.75, 3.05) is 26.2 Å². The molecule has 0 bridgehead atoms. The van der Waals surface area contributed by atoms with Crippen molar-refractivity contribution in [1.82, 2.24) is 4.90 Å². The van der Waals surface area contributed by atoms with Crippen LogP contribution in [-0.2, 0) is 0 Å². The lowest BCUT2D eigenvalue weighted by molar-refractivity contribution is 0.220. The van der Waals surface area contributed by atoms with Crippen LogP contribution in [0, 0.1) is 0 Å². The zero-order valence-corrected chi connectivity index (χ0v) is 9.58. The summed E-state index contributed by atoms with van der Waals surface area (Å²) in [6.45, 7) is 11.1. The molecule has 3 nitrogen and oxygen atoms in total. The Morgan fingerprint density at radius 1 is 1.38 bits per heavy atom. The number of β-amino-alcohol motifs (C(OH)–C–C–N with tert-alkyl or cyclic N) is 1. The van der Waals surface area contributed by atoms with E-state index in [4.69, 9.17) is 10.8 Å². The summed E-state index contributed by atoms with van der Waals surface area (Å²) >= 11 is 0. The highest BCUT2D eigenvalue weighted by Crippen LogP contribution is 2.04. The van der Waals surface area contributed by atoms with Gasteiger partial charge >= 0.3 is 0 Å². The normalized spacial score (nSPS) is 21.2. The molecule has 84 valence electrons. The zero-order chi connectivity index (χ0) is 10.7. The van der Waals surface area contributed by atoms with Gasteiger partial charge in [-0.1, -0.05) is 27.7 Å². The second-order valence-electron chi connectivity index (χ2n) is 2.57. The van der Waals surface area contributed by atoms with Gasteiger partial charge in [0.1, 0.15) is 0 Å². The number of likely N-dealkylation sites (tertiary alicyclic amines) is 1. The molecule has 1 aliphatic heterocycles. The molecule has 0 aliphatic carbocycles. The van der Waals surface area contributed by atoms with Crippen LogP contribution in [0.4, 0.5) is 0 Å². The molecular weight excluding hydrogens is 164 g/mol. The molecule has 1 atom stereocenters. The molecule has 13 heavy (non-hydrogen) atoms. The van der Waals surface area contributed by atoms with E-state index >= 15 is 0 Å². The highest BCUT2D eigenvalue weighted by molar-refractivity contribution is 4.76. The van der Waals surface area contributed by atoms with E-state index in [2.05, 4.69) is 4.90 Å². The molecule has 0 aromatic heterocycles. The van der Waals surface area contributed by atoms with Crippen LogP contribution in [0.2, 0.25) is 0 Å². The van der Waals surface area contributed by atoms with Crippen LogP contribution in [0.3, 0.4) is 0 Å². The number of aliphatic hydroxyl groups excluding tert-OH is 1. The van der Waals surface area contributed by atoms with Crippen molar-refractivity contribution < 1.29 is 6.53 Å². The van der Waals surface area contributed by atoms with E-state index in [0.29, 0.717) is 6.04 Å². The van der Waals surface area contributed by atoms with Crippen LogP contribution >= 0.6 is 0 Å². The van der Waals surface area contributed by atoms with Crippen molar-refractivity contribution in [1.29, 1.82) is 0 Å². The largest absolute Gasteiger partial charge is 0.395 e. The zero-order valence-electron chi connectivity index (χ0n) is 9.58. The first kappa shape index (κ1) is 15.4. The third-order valence-electron chi connectivity index (χ3n) is 1.73. The van der Waals surface area contributed by atoms with E-state index in [1.54, 1.807) is 0 Å². The Morgan fingerprint density at radius 3 is 2.23 bits per heavy atom. The van der Waals surface area contributed by atoms with E-state index in [-0.39, 0.29) is 8.03 Å². The summed E-state index contributed by atoms with van der Waals surface area (Å²) in [7, 11) is 0. The van der Waals surface area contributed by atoms with Gasteiger partial charge in [-0.3, -0.25) is 4.90 Å². The van der Waals surface area contributed by atoms with Gasteiger partial charge in [0.15, 0.2) is 0 Å². The lowest BCUT2D eigenvalue weighted by atomic mass is 10.3. The molecule has 1 heterocycles. The molecule has 1 rings (SSSR count). The topological polar surface area (TPSA) is 49.5 Å². The molecule has 0 saturated carbocycles. The molecule has 3 heteroatoms. The van der Waals surface area contributed by atoms with Crippen molar-refractivity contribution in [3.63, 3.8) is 0 Å². The Labute approximate surface area is 84.4 Å². The first-order valence-electron chi connectivity index (χ1n) is 5.41. The molecule has 1 fully saturated rings. The number of nitrogens with two attached hydrogens (primary N) is 1. The van der Waals surface area contributed by atoms with Crippen LogP contribution < -0.4 is 5.73 Å². The van der Waals surface area contributed by atoms with E-state index in [1.165, 1.54) is 0 Å². The van der Waals surface area contributed by atoms with E-state index in [0.717, 1.165) is 26.1 Å². The minimum Gasteiger partial charge on any atom is -0.395 e. The van der Waals surface area contributed by atoms with Crippen LogP contribution in [0.1, 0.15) is 35.5 Å². The summed E-state index contributed by atoms with van der Waals surface area (Å²) in [5.74, 6) is 0. The molecule has 0 aromatic rings. The maximum Gasteiger partial charge on any atom is 0.0558 e. The fourth-order valence-electron chi connectivity index (χ4n) is 1.21. The fraction of sp³-hybridized carbons (Fsp3) is 1.00. The van der Waals surface area contributed by atoms with Crippen molar-refractivity contribution in [2.45, 2.75) is 40.2 Å². The summed E-state index contributed by atoms with van der Waals surface area (Å²) < 4.78 is 0. The van der Waals surface area contributed by atoms with Crippen molar-refractivity contribution in [3.05, 3.63) is 0 Å². The Kier molecular flexibility index (Phi) is 14.0. The van der Waals surface area contributed by atoms with Gasteiger partial charge in [0, 0.05) is 20.6 Å². The predicted molar refractivity (Wildman–Crippen MR) is 60.9 cm³/mol.